The minimum Gasteiger partial charge on any atom is -0.480 e. The lowest BCUT2D eigenvalue weighted by atomic mass is 10.1. The lowest BCUT2D eigenvalue weighted by Crippen LogP contribution is -2.06. The van der Waals surface area contributed by atoms with E-state index in [0.717, 1.165) is 5.56 Å². The third-order valence-corrected chi connectivity index (χ3v) is 5.30. The van der Waals surface area contributed by atoms with Gasteiger partial charge in [0.2, 0.25) is 5.88 Å². The molecule has 1 unspecified atom stereocenters. The zero-order valence-electron chi connectivity index (χ0n) is 11.3. The highest BCUT2D eigenvalue weighted by molar-refractivity contribution is 7.88. The van der Waals surface area contributed by atoms with E-state index in [9.17, 15) is 4.21 Å². The Labute approximate surface area is 129 Å². The summed E-state index contributed by atoms with van der Waals surface area (Å²) in [5.41, 5.74) is 1.66. The molecule has 0 radical (unpaired) electrons. The van der Waals surface area contributed by atoms with E-state index < -0.39 is 11.0 Å². The van der Waals surface area contributed by atoms with Gasteiger partial charge in [-0.1, -0.05) is 25.4 Å². The quantitative estimate of drug-likeness (QED) is 0.899. The van der Waals surface area contributed by atoms with Gasteiger partial charge in [-0.15, -0.1) is 11.3 Å². The van der Waals surface area contributed by atoms with Crippen molar-refractivity contribution < 1.29 is 8.95 Å². The molecule has 0 aliphatic heterocycles. The smallest absolute Gasteiger partial charge is 0.238 e. The highest BCUT2D eigenvalue weighted by atomic mass is 35.5. The van der Waals surface area contributed by atoms with Crippen LogP contribution in [0.25, 0.3) is 0 Å². The molecule has 0 spiro atoms. The molecule has 2 heterocycles. The lowest BCUT2D eigenvalue weighted by Gasteiger charge is -2.12. The van der Waals surface area contributed by atoms with Crippen molar-refractivity contribution in [2.45, 2.75) is 24.0 Å². The molecule has 0 aliphatic carbocycles. The Kier molecular flexibility index (Phi) is 5.01. The molecular weight excluding hydrogens is 316 g/mol. The molecule has 2 rings (SSSR count). The molecule has 0 aromatic carbocycles. The first kappa shape index (κ1) is 15.3. The van der Waals surface area contributed by atoms with Crippen molar-refractivity contribution in [2.75, 3.05) is 11.8 Å². The molecule has 0 fully saturated rings. The summed E-state index contributed by atoms with van der Waals surface area (Å²) < 4.78 is 21.6. The summed E-state index contributed by atoms with van der Waals surface area (Å²) in [4.78, 5) is 4.23. The highest BCUT2D eigenvalue weighted by Crippen LogP contribution is 2.29. The fourth-order valence-electron chi connectivity index (χ4n) is 1.57. The molecule has 2 aromatic rings. The van der Waals surface area contributed by atoms with Gasteiger partial charge in [-0.05, 0) is 29.7 Å². The van der Waals surface area contributed by atoms with Crippen molar-refractivity contribution in [1.82, 2.24) is 4.98 Å². The maximum Gasteiger partial charge on any atom is 0.238 e. The molecule has 0 saturated carbocycles. The predicted octanol–water partition coefficient (Wildman–Crippen LogP) is 4.06. The fourth-order valence-corrected chi connectivity index (χ4v) is 3.82. The van der Waals surface area contributed by atoms with E-state index in [4.69, 9.17) is 16.3 Å². The number of aromatic nitrogens is 1. The molecule has 0 saturated heterocycles. The highest BCUT2D eigenvalue weighted by Gasteiger charge is 2.13. The van der Waals surface area contributed by atoms with Crippen LogP contribution in [-0.2, 0) is 11.0 Å². The van der Waals surface area contributed by atoms with Crippen molar-refractivity contribution in [3.05, 3.63) is 34.3 Å². The first-order valence-corrected chi connectivity index (χ1v) is 8.33. The summed E-state index contributed by atoms with van der Waals surface area (Å²) >= 11 is 7.13. The Balaban J connectivity index is 2.27. The van der Waals surface area contributed by atoms with Gasteiger partial charge in [0.1, 0.15) is 9.90 Å². The maximum absolute atomic E-state index is 12.2. The Morgan fingerprint density at radius 3 is 2.75 bits per heavy atom. The number of nitrogens with one attached hydrogen (secondary N) is 1. The minimum atomic E-state index is -1.38. The van der Waals surface area contributed by atoms with Crippen LogP contribution in [-0.4, -0.2) is 16.3 Å². The number of thiophene rings is 1. The second-order valence-corrected chi connectivity index (χ2v) is 7.56. The maximum atomic E-state index is 12.2. The summed E-state index contributed by atoms with van der Waals surface area (Å²) in [6, 6.07) is 5.37. The van der Waals surface area contributed by atoms with Gasteiger partial charge in [0, 0.05) is 6.20 Å². The lowest BCUT2D eigenvalue weighted by molar-refractivity contribution is 0.400. The number of hydrogen-bond donors (Lipinski definition) is 1. The summed E-state index contributed by atoms with van der Waals surface area (Å²) in [5.74, 6) is 0.754. The topological polar surface area (TPSA) is 51.2 Å². The van der Waals surface area contributed by atoms with Crippen molar-refractivity contribution in [1.29, 1.82) is 0 Å². The molecular formula is C13H15ClN2O2S2. The van der Waals surface area contributed by atoms with E-state index in [1.165, 1.54) is 18.4 Å². The number of methoxy groups -OCH3 is 1. The second-order valence-electron chi connectivity index (χ2n) is 4.41. The standard InChI is InChI=1S/C13H15ClN2O2S2/c1-8(2)9-6-10(13(18-3)15-7-9)16-20(17)12-5-4-11(14)19-12/h4-8,16H,1-3H3. The monoisotopic (exact) mass is 330 g/mol. The van der Waals surface area contributed by atoms with E-state index in [1.54, 1.807) is 18.3 Å². The van der Waals surface area contributed by atoms with Gasteiger partial charge in [0.05, 0.1) is 11.4 Å². The third kappa shape index (κ3) is 3.50. The normalized spacial score (nSPS) is 12.4. The zero-order chi connectivity index (χ0) is 14.7. The van der Waals surface area contributed by atoms with Gasteiger partial charge < -0.3 is 4.74 Å². The molecule has 7 heteroatoms. The average molecular weight is 331 g/mol. The molecule has 1 atom stereocenters. The van der Waals surface area contributed by atoms with E-state index in [-0.39, 0.29) is 0 Å². The number of ether oxygens (including phenoxy) is 1. The van der Waals surface area contributed by atoms with Crippen LogP contribution in [0.2, 0.25) is 4.34 Å². The minimum absolute atomic E-state index is 0.332. The number of rotatable bonds is 5. The summed E-state index contributed by atoms with van der Waals surface area (Å²) in [6.07, 6.45) is 1.76. The van der Waals surface area contributed by atoms with Crippen molar-refractivity contribution in [2.24, 2.45) is 0 Å². The third-order valence-electron chi connectivity index (χ3n) is 2.67. The van der Waals surface area contributed by atoms with E-state index >= 15 is 0 Å². The van der Waals surface area contributed by atoms with Gasteiger partial charge in [-0.3, -0.25) is 4.72 Å². The van der Waals surface area contributed by atoms with Gasteiger partial charge in [0.25, 0.3) is 0 Å². The van der Waals surface area contributed by atoms with Crippen LogP contribution in [0.4, 0.5) is 5.69 Å². The Bertz CT molecular complexity index is 629. The molecule has 0 aliphatic rings. The SMILES string of the molecule is COc1ncc(C(C)C)cc1NS(=O)c1ccc(Cl)s1. The molecule has 1 N–H and O–H groups in total. The van der Waals surface area contributed by atoms with Crippen molar-refractivity contribution in [3.8, 4) is 5.88 Å². The van der Waals surface area contributed by atoms with Crippen LogP contribution >= 0.6 is 22.9 Å². The Hall–Kier alpha value is -1.11. The van der Waals surface area contributed by atoms with Crippen molar-refractivity contribution in [3.63, 3.8) is 0 Å². The summed E-state index contributed by atoms with van der Waals surface area (Å²) in [6.45, 7) is 4.15. The Morgan fingerprint density at radius 2 is 2.20 bits per heavy atom. The van der Waals surface area contributed by atoms with Gasteiger partial charge in [-0.25, -0.2) is 9.19 Å². The van der Waals surface area contributed by atoms with Gasteiger partial charge in [-0.2, -0.15) is 0 Å². The molecule has 2 aromatic heterocycles. The molecule has 0 bridgehead atoms. The predicted molar refractivity (Wildman–Crippen MR) is 84.2 cm³/mol. The summed E-state index contributed by atoms with van der Waals surface area (Å²) in [7, 11) is 0.152. The van der Waals surface area contributed by atoms with E-state index in [1.807, 2.05) is 6.07 Å². The van der Waals surface area contributed by atoms with Gasteiger partial charge >= 0.3 is 0 Å². The number of hydrogen-bond acceptors (Lipinski definition) is 4. The van der Waals surface area contributed by atoms with Crippen LogP contribution in [0.1, 0.15) is 25.3 Å². The number of halogens is 1. The van der Waals surface area contributed by atoms with E-state index in [0.29, 0.717) is 26.0 Å². The largest absolute Gasteiger partial charge is 0.480 e. The zero-order valence-corrected chi connectivity index (χ0v) is 13.7. The first-order chi connectivity index (χ1) is 9.51. The van der Waals surface area contributed by atoms with Crippen LogP contribution < -0.4 is 9.46 Å². The molecule has 108 valence electrons. The van der Waals surface area contributed by atoms with Gasteiger partial charge in [0.15, 0.2) is 11.0 Å². The number of pyridine rings is 1. The number of anilines is 1. The van der Waals surface area contributed by atoms with Crippen LogP contribution in [0.3, 0.4) is 0 Å². The second kappa shape index (κ2) is 6.56. The fraction of sp³-hybridized carbons (Fsp3) is 0.308. The van der Waals surface area contributed by atoms with Crippen molar-refractivity contribution >= 4 is 39.6 Å². The average Bonchev–Trinajstić information content (AvgIpc) is 2.85. The number of nitrogens with zero attached hydrogens (tertiary/aromatic N) is 1. The van der Waals surface area contributed by atoms with Crippen LogP contribution in [0.15, 0.2) is 28.6 Å². The summed E-state index contributed by atoms with van der Waals surface area (Å²) in [5, 5.41) is 0. The van der Waals surface area contributed by atoms with Crippen LogP contribution in [0, 0.1) is 0 Å². The molecule has 20 heavy (non-hydrogen) atoms. The first-order valence-electron chi connectivity index (χ1n) is 5.99. The Morgan fingerprint density at radius 1 is 1.45 bits per heavy atom. The van der Waals surface area contributed by atoms with E-state index in [2.05, 4.69) is 23.6 Å². The molecule has 4 nitrogen and oxygen atoms in total. The molecule has 0 amide bonds. The van der Waals surface area contributed by atoms with Crippen LogP contribution in [0.5, 0.6) is 5.88 Å².